The summed E-state index contributed by atoms with van der Waals surface area (Å²) in [5.74, 6) is 0.263. The molecular weight excluding hydrogens is 367 g/mol. The lowest BCUT2D eigenvalue weighted by Gasteiger charge is -2.23. The number of benzene rings is 2. The maximum atomic E-state index is 13.0. The fourth-order valence-corrected chi connectivity index (χ4v) is 2.68. The topological polar surface area (TPSA) is 77.1 Å². The van der Waals surface area contributed by atoms with Crippen molar-refractivity contribution < 1.29 is 28.2 Å². The number of amides is 2. The van der Waals surface area contributed by atoms with Crippen molar-refractivity contribution in [3.63, 3.8) is 0 Å². The smallest absolute Gasteiger partial charge is 0.251 e. The van der Waals surface area contributed by atoms with Gasteiger partial charge in [0.15, 0.2) is 11.5 Å². The molecule has 0 bridgehead atoms. The third kappa shape index (κ3) is 4.91. The zero-order valence-corrected chi connectivity index (χ0v) is 16.2. The van der Waals surface area contributed by atoms with Crippen LogP contribution in [0, 0.1) is 5.82 Å². The molecule has 28 heavy (non-hydrogen) atoms. The predicted molar refractivity (Wildman–Crippen MR) is 103 cm³/mol. The van der Waals surface area contributed by atoms with Crippen LogP contribution in [0.25, 0.3) is 0 Å². The average Bonchev–Trinajstić information content (AvgIpc) is 2.70. The van der Waals surface area contributed by atoms with Gasteiger partial charge in [-0.25, -0.2) is 4.39 Å². The maximum Gasteiger partial charge on any atom is 0.251 e. The van der Waals surface area contributed by atoms with Crippen LogP contribution < -0.4 is 24.4 Å². The van der Waals surface area contributed by atoms with Crippen molar-refractivity contribution >= 4 is 17.5 Å². The van der Waals surface area contributed by atoms with Crippen LogP contribution >= 0.6 is 0 Å². The zero-order valence-electron chi connectivity index (χ0n) is 16.2. The summed E-state index contributed by atoms with van der Waals surface area (Å²) >= 11 is 0. The Bertz CT molecular complexity index is 814. The lowest BCUT2D eigenvalue weighted by Crippen LogP contribution is -2.37. The van der Waals surface area contributed by atoms with Gasteiger partial charge in [-0.1, -0.05) is 0 Å². The Morgan fingerprint density at radius 3 is 2.04 bits per heavy atom. The summed E-state index contributed by atoms with van der Waals surface area (Å²) < 4.78 is 28.9. The molecule has 2 amide bonds. The Hall–Kier alpha value is -3.29. The van der Waals surface area contributed by atoms with E-state index in [4.69, 9.17) is 14.2 Å². The number of halogens is 1. The first kappa shape index (κ1) is 21.0. The van der Waals surface area contributed by atoms with E-state index in [0.717, 1.165) is 0 Å². The first-order valence-electron chi connectivity index (χ1n) is 8.53. The van der Waals surface area contributed by atoms with Gasteiger partial charge in [0, 0.05) is 37.7 Å². The molecule has 0 saturated heterocycles. The average molecular weight is 390 g/mol. The fraction of sp³-hybridized carbons (Fsp3) is 0.300. The summed E-state index contributed by atoms with van der Waals surface area (Å²) in [5, 5.41) is 2.71. The van der Waals surface area contributed by atoms with Crippen LogP contribution in [0.3, 0.4) is 0 Å². The molecule has 0 radical (unpaired) electrons. The highest BCUT2D eigenvalue weighted by molar-refractivity contribution is 5.95. The van der Waals surface area contributed by atoms with E-state index in [1.165, 1.54) is 57.4 Å². The number of anilines is 1. The second-order valence-corrected chi connectivity index (χ2v) is 5.82. The second-order valence-electron chi connectivity index (χ2n) is 5.82. The number of hydrogen-bond acceptors (Lipinski definition) is 5. The van der Waals surface area contributed by atoms with E-state index in [2.05, 4.69) is 5.32 Å². The van der Waals surface area contributed by atoms with E-state index in [0.29, 0.717) is 28.5 Å². The molecule has 0 aliphatic heterocycles. The Morgan fingerprint density at radius 1 is 1.00 bits per heavy atom. The van der Waals surface area contributed by atoms with Crippen molar-refractivity contribution in [1.29, 1.82) is 0 Å². The summed E-state index contributed by atoms with van der Waals surface area (Å²) in [6.45, 7) is 1.85. The van der Waals surface area contributed by atoms with Gasteiger partial charge in [0.2, 0.25) is 11.7 Å². The Kier molecular flexibility index (Phi) is 7.20. The molecule has 2 rings (SSSR count). The molecule has 1 N–H and O–H groups in total. The highest BCUT2D eigenvalue weighted by atomic mass is 19.1. The molecular formula is C20H23FN2O5. The number of carbonyl (C=O) groups is 2. The maximum absolute atomic E-state index is 13.0. The van der Waals surface area contributed by atoms with Crippen molar-refractivity contribution in [2.24, 2.45) is 0 Å². The number of hydrogen-bond donors (Lipinski definition) is 1. The summed E-state index contributed by atoms with van der Waals surface area (Å²) in [6, 6.07) is 8.54. The van der Waals surface area contributed by atoms with Crippen molar-refractivity contribution in [3.8, 4) is 17.2 Å². The Labute approximate surface area is 163 Å². The van der Waals surface area contributed by atoms with E-state index in [1.54, 1.807) is 12.1 Å². The molecule has 2 aromatic carbocycles. The molecule has 0 aromatic heterocycles. The number of nitrogens with one attached hydrogen (secondary N) is 1. The van der Waals surface area contributed by atoms with Crippen LogP contribution in [0.5, 0.6) is 17.2 Å². The van der Waals surface area contributed by atoms with E-state index in [1.807, 2.05) is 0 Å². The van der Waals surface area contributed by atoms with Crippen molar-refractivity contribution in [1.82, 2.24) is 5.32 Å². The third-order valence-electron chi connectivity index (χ3n) is 4.07. The predicted octanol–water partition coefficient (Wildman–Crippen LogP) is 2.63. The van der Waals surface area contributed by atoms with Gasteiger partial charge >= 0.3 is 0 Å². The Balaban J connectivity index is 2.14. The second kappa shape index (κ2) is 9.59. The van der Waals surface area contributed by atoms with Crippen LogP contribution in [0.15, 0.2) is 36.4 Å². The first-order valence-corrected chi connectivity index (χ1v) is 8.53. The molecule has 8 heteroatoms. The minimum absolute atomic E-state index is 0.201. The molecule has 2 aromatic rings. The van der Waals surface area contributed by atoms with E-state index >= 15 is 0 Å². The van der Waals surface area contributed by atoms with Crippen LogP contribution in [0.4, 0.5) is 10.1 Å². The normalized spacial score (nSPS) is 10.2. The number of rotatable bonds is 8. The van der Waals surface area contributed by atoms with Crippen molar-refractivity contribution in [3.05, 3.63) is 47.8 Å². The van der Waals surface area contributed by atoms with Gasteiger partial charge in [-0.15, -0.1) is 0 Å². The number of carbonyl (C=O) groups excluding carboxylic acids is 2. The molecule has 0 saturated carbocycles. The number of nitrogens with zero attached hydrogens (tertiary/aromatic N) is 1. The lowest BCUT2D eigenvalue weighted by atomic mass is 10.2. The third-order valence-corrected chi connectivity index (χ3v) is 4.07. The van der Waals surface area contributed by atoms with E-state index in [9.17, 15) is 14.0 Å². The van der Waals surface area contributed by atoms with Gasteiger partial charge in [0.1, 0.15) is 5.82 Å². The standard InChI is InChI=1S/C20H23FN2O5/c1-13(24)23(10-9-22-20(25)14-5-7-15(21)8-6-14)16-11-17(26-2)19(28-4)18(12-16)27-3/h5-8,11-12H,9-10H2,1-4H3,(H,22,25). The zero-order chi connectivity index (χ0) is 20.7. The molecule has 150 valence electrons. The van der Waals surface area contributed by atoms with Crippen molar-refractivity contribution in [2.45, 2.75) is 6.92 Å². The molecule has 0 heterocycles. The minimum atomic E-state index is -0.415. The molecule has 0 fully saturated rings. The molecule has 7 nitrogen and oxygen atoms in total. The molecule has 0 spiro atoms. The van der Waals surface area contributed by atoms with E-state index in [-0.39, 0.29) is 24.9 Å². The summed E-state index contributed by atoms with van der Waals surface area (Å²) in [5.41, 5.74) is 0.876. The van der Waals surface area contributed by atoms with Gasteiger partial charge in [-0.2, -0.15) is 0 Å². The first-order chi connectivity index (χ1) is 13.4. The summed E-state index contributed by atoms with van der Waals surface area (Å²) in [4.78, 5) is 25.8. The minimum Gasteiger partial charge on any atom is -0.493 e. The fourth-order valence-electron chi connectivity index (χ4n) is 2.68. The van der Waals surface area contributed by atoms with Crippen LogP contribution in [-0.4, -0.2) is 46.2 Å². The molecule has 0 atom stereocenters. The van der Waals surface area contributed by atoms with Crippen molar-refractivity contribution in [2.75, 3.05) is 39.3 Å². The summed E-state index contributed by atoms with van der Waals surface area (Å²) in [6.07, 6.45) is 0. The molecule has 0 unspecified atom stereocenters. The van der Waals surface area contributed by atoms with Crippen LogP contribution in [-0.2, 0) is 4.79 Å². The summed E-state index contributed by atoms with van der Waals surface area (Å²) in [7, 11) is 4.47. The van der Waals surface area contributed by atoms with E-state index < -0.39 is 5.82 Å². The highest BCUT2D eigenvalue weighted by Gasteiger charge is 2.19. The van der Waals surface area contributed by atoms with Gasteiger partial charge in [0.05, 0.1) is 27.0 Å². The molecule has 0 aliphatic rings. The van der Waals surface area contributed by atoms with Gasteiger partial charge in [0.25, 0.3) is 5.91 Å². The lowest BCUT2D eigenvalue weighted by molar-refractivity contribution is -0.116. The quantitative estimate of drug-likeness (QED) is 0.750. The van der Waals surface area contributed by atoms with Gasteiger partial charge in [-0.3, -0.25) is 9.59 Å². The molecule has 0 aliphatic carbocycles. The highest BCUT2D eigenvalue weighted by Crippen LogP contribution is 2.41. The van der Waals surface area contributed by atoms with Gasteiger partial charge < -0.3 is 24.4 Å². The monoisotopic (exact) mass is 390 g/mol. The number of ether oxygens (including phenoxy) is 3. The largest absolute Gasteiger partial charge is 0.493 e. The van der Waals surface area contributed by atoms with Crippen LogP contribution in [0.2, 0.25) is 0 Å². The Morgan fingerprint density at radius 2 is 1.57 bits per heavy atom. The van der Waals surface area contributed by atoms with Crippen LogP contribution in [0.1, 0.15) is 17.3 Å². The SMILES string of the molecule is COc1cc(N(CCNC(=O)c2ccc(F)cc2)C(C)=O)cc(OC)c1OC. The van der Waals surface area contributed by atoms with Gasteiger partial charge in [-0.05, 0) is 24.3 Å². The number of methoxy groups -OCH3 is 3.